The minimum absolute atomic E-state index is 0.170. The fourth-order valence-electron chi connectivity index (χ4n) is 1.44. The van der Waals surface area contributed by atoms with E-state index in [4.69, 9.17) is 16.3 Å². The summed E-state index contributed by atoms with van der Waals surface area (Å²) < 4.78 is 5.57. The maximum Gasteiger partial charge on any atom is 0.0591 e. The van der Waals surface area contributed by atoms with E-state index in [0.717, 1.165) is 44.9 Å². The smallest absolute Gasteiger partial charge is 0.0591 e. The van der Waals surface area contributed by atoms with Crippen LogP contribution in [-0.2, 0) is 4.74 Å². The van der Waals surface area contributed by atoms with E-state index in [-0.39, 0.29) is 5.54 Å². The number of hydrogen-bond acceptors (Lipinski definition) is 2. The van der Waals surface area contributed by atoms with Gasteiger partial charge in [0.2, 0.25) is 0 Å². The summed E-state index contributed by atoms with van der Waals surface area (Å²) >= 11 is 5.79. The number of alkyl halides is 1. The first kappa shape index (κ1) is 16.2. The van der Waals surface area contributed by atoms with E-state index in [1.807, 2.05) is 0 Å². The molecule has 3 heteroatoms. The summed E-state index contributed by atoms with van der Waals surface area (Å²) in [5.41, 5.74) is 0.170. The zero-order chi connectivity index (χ0) is 12.4. The van der Waals surface area contributed by atoms with Gasteiger partial charge >= 0.3 is 0 Å². The second kappa shape index (κ2) is 9.26. The molecule has 1 N–H and O–H groups in total. The van der Waals surface area contributed by atoms with Gasteiger partial charge in [-0.3, -0.25) is 0 Å². The van der Waals surface area contributed by atoms with Crippen molar-refractivity contribution in [2.24, 2.45) is 5.92 Å². The van der Waals surface area contributed by atoms with Gasteiger partial charge in [-0.15, -0.1) is 11.6 Å². The van der Waals surface area contributed by atoms with Gasteiger partial charge in [-0.1, -0.05) is 20.8 Å². The molecule has 0 spiro atoms. The molecule has 1 unspecified atom stereocenters. The second-order valence-corrected chi connectivity index (χ2v) is 5.45. The van der Waals surface area contributed by atoms with Gasteiger partial charge in [-0.05, 0) is 32.1 Å². The first-order chi connectivity index (χ1) is 7.54. The largest absolute Gasteiger partial charge is 0.380 e. The molecule has 0 aromatic carbocycles. The molecule has 0 radical (unpaired) electrons. The molecule has 0 saturated carbocycles. The fourth-order valence-corrected chi connectivity index (χ4v) is 1.86. The Labute approximate surface area is 106 Å². The number of halogens is 1. The van der Waals surface area contributed by atoms with Crippen LogP contribution in [0.15, 0.2) is 0 Å². The van der Waals surface area contributed by atoms with E-state index in [0.29, 0.717) is 5.88 Å². The highest BCUT2D eigenvalue weighted by Crippen LogP contribution is 2.14. The standard InChI is InChI=1S/C13H28ClNO/c1-5-13(4,7-8-14)15-9-11-16-10-6-12(2)3/h12,15H,5-11H2,1-4H3. The summed E-state index contributed by atoms with van der Waals surface area (Å²) in [4.78, 5) is 0. The molecule has 0 aromatic heterocycles. The first-order valence-corrected chi connectivity index (χ1v) is 6.96. The molecule has 1 atom stereocenters. The fraction of sp³-hybridized carbons (Fsp3) is 1.00. The lowest BCUT2D eigenvalue weighted by Gasteiger charge is -2.29. The van der Waals surface area contributed by atoms with E-state index in [1.165, 1.54) is 0 Å². The van der Waals surface area contributed by atoms with Crippen LogP contribution in [0.4, 0.5) is 0 Å². The van der Waals surface area contributed by atoms with Crippen LogP contribution in [0.3, 0.4) is 0 Å². The van der Waals surface area contributed by atoms with E-state index < -0.39 is 0 Å². The predicted octanol–water partition coefficient (Wildman–Crippen LogP) is 3.44. The van der Waals surface area contributed by atoms with Gasteiger partial charge in [0.25, 0.3) is 0 Å². The van der Waals surface area contributed by atoms with Gasteiger partial charge in [0.05, 0.1) is 6.61 Å². The van der Waals surface area contributed by atoms with Crippen molar-refractivity contribution in [3.63, 3.8) is 0 Å². The molecule has 16 heavy (non-hydrogen) atoms. The molecule has 0 bridgehead atoms. The first-order valence-electron chi connectivity index (χ1n) is 6.43. The van der Waals surface area contributed by atoms with Crippen LogP contribution in [0.5, 0.6) is 0 Å². The van der Waals surface area contributed by atoms with Gasteiger partial charge in [0, 0.05) is 24.6 Å². The highest BCUT2D eigenvalue weighted by Gasteiger charge is 2.19. The molecular weight excluding hydrogens is 222 g/mol. The summed E-state index contributed by atoms with van der Waals surface area (Å²) in [5, 5.41) is 3.53. The van der Waals surface area contributed by atoms with Crippen LogP contribution >= 0.6 is 11.6 Å². The number of nitrogens with one attached hydrogen (secondary N) is 1. The van der Waals surface area contributed by atoms with Crippen LogP contribution in [0.2, 0.25) is 0 Å². The van der Waals surface area contributed by atoms with Crippen molar-refractivity contribution in [2.75, 3.05) is 25.6 Å². The Morgan fingerprint density at radius 1 is 1.31 bits per heavy atom. The van der Waals surface area contributed by atoms with Crippen molar-refractivity contribution in [3.05, 3.63) is 0 Å². The maximum absolute atomic E-state index is 5.79. The lowest BCUT2D eigenvalue weighted by Crippen LogP contribution is -2.43. The zero-order valence-corrected chi connectivity index (χ0v) is 12.1. The van der Waals surface area contributed by atoms with Gasteiger partial charge in [0.1, 0.15) is 0 Å². The molecule has 0 aromatic rings. The average Bonchev–Trinajstić information content (AvgIpc) is 2.23. The van der Waals surface area contributed by atoms with E-state index in [1.54, 1.807) is 0 Å². The molecule has 0 fully saturated rings. The van der Waals surface area contributed by atoms with Crippen molar-refractivity contribution in [2.45, 2.75) is 52.5 Å². The van der Waals surface area contributed by atoms with Gasteiger partial charge in [0.15, 0.2) is 0 Å². The van der Waals surface area contributed by atoms with Crippen LogP contribution in [0.1, 0.15) is 47.0 Å². The third kappa shape index (κ3) is 8.37. The van der Waals surface area contributed by atoms with Crippen LogP contribution in [0, 0.1) is 5.92 Å². The quantitative estimate of drug-likeness (QED) is 0.473. The van der Waals surface area contributed by atoms with Crippen LogP contribution in [-0.4, -0.2) is 31.2 Å². The Balaban J connectivity index is 3.48. The minimum atomic E-state index is 0.170. The molecule has 2 nitrogen and oxygen atoms in total. The Bertz CT molecular complexity index is 164. The van der Waals surface area contributed by atoms with Crippen LogP contribution in [0.25, 0.3) is 0 Å². The molecular formula is C13H28ClNO. The Morgan fingerprint density at radius 2 is 2.00 bits per heavy atom. The molecule has 0 rings (SSSR count). The Morgan fingerprint density at radius 3 is 2.50 bits per heavy atom. The van der Waals surface area contributed by atoms with Gasteiger partial charge in [-0.2, -0.15) is 0 Å². The molecule has 98 valence electrons. The van der Waals surface area contributed by atoms with Crippen molar-refractivity contribution >= 4 is 11.6 Å². The molecule has 0 aliphatic rings. The lowest BCUT2D eigenvalue weighted by molar-refractivity contribution is 0.118. The Hall–Kier alpha value is 0.210. The van der Waals surface area contributed by atoms with Gasteiger partial charge in [-0.25, -0.2) is 0 Å². The maximum atomic E-state index is 5.79. The molecule has 0 heterocycles. The summed E-state index contributed by atoms with van der Waals surface area (Å²) in [6.07, 6.45) is 3.26. The molecule has 0 amide bonds. The summed E-state index contributed by atoms with van der Waals surface area (Å²) in [6.45, 7) is 11.4. The van der Waals surface area contributed by atoms with E-state index in [2.05, 4.69) is 33.0 Å². The predicted molar refractivity (Wildman–Crippen MR) is 72.3 cm³/mol. The highest BCUT2D eigenvalue weighted by atomic mass is 35.5. The second-order valence-electron chi connectivity index (χ2n) is 5.07. The van der Waals surface area contributed by atoms with Gasteiger partial charge < -0.3 is 10.1 Å². The summed E-state index contributed by atoms with van der Waals surface area (Å²) in [6, 6.07) is 0. The summed E-state index contributed by atoms with van der Waals surface area (Å²) in [5.74, 6) is 1.44. The summed E-state index contributed by atoms with van der Waals surface area (Å²) in [7, 11) is 0. The molecule has 0 aliphatic carbocycles. The molecule has 0 aliphatic heterocycles. The number of rotatable bonds is 10. The molecule has 0 saturated heterocycles. The third-order valence-electron chi connectivity index (χ3n) is 3.06. The third-order valence-corrected chi connectivity index (χ3v) is 3.25. The minimum Gasteiger partial charge on any atom is -0.380 e. The van der Waals surface area contributed by atoms with E-state index in [9.17, 15) is 0 Å². The zero-order valence-electron chi connectivity index (χ0n) is 11.3. The average molecular weight is 250 g/mol. The topological polar surface area (TPSA) is 21.3 Å². The Kier molecular flexibility index (Phi) is 9.38. The SMILES string of the molecule is CCC(C)(CCCl)NCCOCCC(C)C. The highest BCUT2D eigenvalue weighted by molar-refractivity contribution is 6.17. The number of hydrogen-bond donors (Lipinski definition) is 1. The van der Waals surface area contributed by atoms with Crippen molar-refractivity contribution in [1.82, 2.24) is 5.32 Å². The lowest BCUT2D eigenvalue weighted by atomic mass is 9.95. The van der Waals surface area contributed by atoms with Crippen molar-refractivity contribution in [3.8, 4) is 0 Å². The monoisotopic (exact) mass is 249 g/mol. The number of ether oxygens (including phenoxy) is 1. The van der Waals surface area contributed by atoms with Crippen LogP contribution < -0.4 is 5.32 Å². The van der Waals surface area contributed by atoms with E-state index >= 15 is 0 Å². The van der Waals surface area contributed by atoms with Crippen molar-refractivity contribution in [1.29, 1.82) is 0 Å². The normalized spacial score (nSPS) is 15.4. The van der Waals surface area contributed by atoms with Crippen molar-refractivity contribution < 1.29 is 4.74 Å².